The molecule has 1 amide bonds. The van der Waals surface area contributed by atoms with Crippen molar-refractivity contribution < 1.29 is 9.90 Å². The van der Waals surface area contributed by atoms with Crippen LogP contribution in [0.25, 0.3) is 0 Å². The lowest BCUT2D eigenvalue weighted by Gasteiger charge is -2.37. The Kier molecular flexibility index (Phi) is 3.80. The van der Waals surface area contributed by atoms with Gasteiger partial charge in [-0.2, -0.15) is 0 Å². The van der Waals surface area contributed by atoms with Crippen molar-refractivity contribution in [2.75, 3.05) is 7.05 Å². The maximum absolute atomic E-state index is 10.7. The van der Waals surface area contributed by atoms with Crippen molar-refractivity contribution in [3.05, 3.63) is 11.1 Å². The zero-order valence-corrected chi connectivity index (χ0v) is 10.9. The van der Waals surface area contributed by atoms with Crippen molar-refractivity contribution in [3.8, 4) is 0 Å². The number of carbonyl (C=O) groups excluding carboxylic acids is 1. The van der Waals surface area contributed by atoms with E-state index in [0.717, 1.165) is 12.8 Å². The summed E-state index contributed by atoms with van der Waals surface area (Å²) >= 11 is 2.33. The molecule has 1 aliphatic rings. The van der Waals surface area contributed by atoms with Crippen molar-refractivity contribution >= 4 is 28.7 Å². The van der Waals surface area contributed by atoms with Gasteiger partial charge in [-0.15, -0.1) is 0 Å². The lowest BCUT2D eigenvalue weighted by atomic mass is 9.89. The highest BCUT2D eigenvalue weighted by atomic mass is 127. The smallest absolute Gasteiger partial charge is 0.136 e. The van der Waals surface area contributed by atoms with E-state index in [2.05, 4.69) is 36.4 Å². The molecule has 0 aliphatic heterocycles. The first kappa shape index (κ1) is 11.8. The summed E-state index contributed by atoms with van der Waals surface area (Å²) in [5.74, 6) is 0. The zero-order chi connectivity index (χ0) is 10.9. The van der Waals surface area contributed by atoms with Gasteiger partial charge in [-0.3, -0.25) is 0 Å². The van der Waals surface area contributed by atoms with Crippen LogP contribution in [0.4, 0.5) is 4.79 Å². The van der Waals surface area contributed by atoms with Gasteiger partial charge < -0.3 is 14.8 Å². The standard InChI is InChI=1S/C10H16INO2/c1-6-4-8(11)9(5-7(6)2)12(3)10(13)14/h8-9H,4-5H2,1-3H3,(H,13,14)/p-1. The number of carboxylic acid groups (broad SMARTS) is 1. The quantitative estimate of drug-likeness (QED) is 0.419. The highest BCUT2D eigenvalue weighted by Crippen LogP contribution is 2.32. The van der Waals surface area contributed by atoms with Crippen LogP contribution in [0, 0.1) is 0 Å². The fourth-order valence-electron chi connectivity index (χ4n) is 1.73. The number of rotatable bonds is 1. The Bertz CT molecular complexity index is 275. The van der Waals surface area contributed by atoms with E-state index in [-0.39, 0.29) is 6.04 Å². The van der Waals surface area contributed by atoms with E-state index in [1.54, 1.807) is 7.05 Å². The minimum atomic E-state index is -1.08. The molecule has 2 atom stereocenters. The van der Waals surface area contributed by atoms with Gasteiger partial charge in [0.25, 0.3) is 0 Å². The molecule has 0 spiro atoms. The first-order valence-corrected chi connectivity index (χ1v) is 5.91. The third-order valence-electron chi connectivity index (χ3n) is 2.95. The van der Waals surface area contributed by atoms with Gasteiger partial charge in [0.2, 0.25) is 0 Å². The molecular formula is C10H15INO2-. The van der Waals surface area contributed by atoms with Crippen LogP contribution in [-0.4, -0.2) is 28.0 Å². The number of nitrogens with zero attached hydrogens (tertiary/aromatic N) is 1. The van der Waals surface area contributed by atoms with Crippen LogP contribution in [0.1, 0.15) is 26.7 Å². The normalized spacial score (nSPS) is 27.7. The number of halogens is 1. The van der Waals surface area contributed by atoms with Gasteiger partial charge in [-0.05, 0) is 26.7 Å². The Labute approximate surface area is 98.3 Å². The van der Waals surface area contributed by atoms with Crippen molar-refractivity contribution in [2.45, 2.75) is 36.7 Å². The molecule has 14 heavy (non-hydrogen) atoms. The molecule has 0 radical (unpaired) electrons. The highest BCUT2D eigenvalue weighted by Gasteiger charge is 2.28. The molecular weight excluding hydrogens is 293 g/mol. The third kappa shape index (κ3) is 2.40. The Morgan fingerprint density at radius 3 is 2.43 bits per heavy atom. The summed E-state index contributed by atoms with van der Waals surface area (Å²) in [5.41, 5.74) is 2.71. The molecule has 0 saturated carbocycles. The number of allylic oxidation sites excluding steroid dienone is 1. The van der Waals surface area contributed by atoms with E-state index in [9.17, 15) is 9.90 Å². The molecule has 0 saturated heterocycles. The topological polar surface area (TPSA) is 43.4 Å². The van der Waals surface area contributed by atoms with Gasteiger partial charge in [0.05, 0.1) is 0 Å². The van der Waals surface area contributed by atoms with Gasteiger partial charge >= 0.3 is 0 Å². The van der Waals surface area contributed by atoms with Gasteiger partial charge in [0.15, 0.2) is 0 Å². The number of hydrogen-bond donors (Lipinski definition) is 0. The van der Waals surface area contributed by atoms with Crippen molar-refractivity contribution in [3.63, 3.8) is 0 Å². The van der Waals surface area contributed by atoms with Crippen molar-refractivity contribution in [2.24, 2.45) is 0 Å². The molecule has 0 N–H and O–H groups in total. The van der Waals surface area contributed by atoms with Gasteiger partial charge in [0, 0.05) is 17.0 Å². The third-order valence-corrected chi connectivity index (χ3v) is 4.22. The van der Waals surface area contributed by atoms with Crippen LogP contribution in [0.15, 0.2) is 11.1 Å². The fraction of sp³-hybridized carbons (Fsp3) is 0.700. The van der Waals surface area contributed by atoms with Crippen LogP contribution in [0.3, 0.4) is 0 Å². The van der Waals surface area contributed by atoms with Crippen LogP contribution in [0.2, 0.25) is 0 Å². The summed E-state index contributed by atoms with van der Waals surface area (Å²) < 4.78 is 0.360. The number of hydrogen-bond acceptors (Lipinski definition) is 2. The van der Waals surface area contributed by atoms with E-state index >= 15 is 0 Å². The first-order valence-electron chi connectivity index (χ1n) is 4.66. The van der Waals surface area contributed by atoms with E-state index in [1.165, 1.54) is 16.0 Å². The van der Waals surface area contributed by atoms with Crippen LogP contribution >= 0.6 is 22.6 Å². The molecule has 4 heteroatoms. The summed E-state index contributed by atoms with van der Waals surface area (Å²) in [4.78, 5) is 12.1. The van der Waals surface area contributed by atoms with Crippen LogP contribution < -0.4 is 5.11 Å². The molecule has 80 valence electrons. The molecule has 3 nitrogen and oxygen atoms in total. The molecule has 1 rings (SSSR count). The Balaban J connectivity index is 2.78. The summed E-state index contributed by atoms with van der Waals surface area (Å²) in [6.07, 6.45) is 0.738. The highest BCUT2D eigenvalue weighted by molar-refractivity contribution is 14.1. The summed E-state index contributed by atoms with van der Waals surface area (Å²) in [7, 11) is 1.60. The largest absolute Gasteiger partial charge is 0.530 e. The summed E-state index contributed by atoms with van der Waals surface area (Å²) in [6.45, 7) is 4.20. The monoisotopic (exact) mass is 308 g/mol. The number of alkyl halides is 1. The van der Waals surface area contributed by atoms with E-state index in [1.807, 2.05) is 0 Å². The summed E-state index contributed by atoms with van der Waals surface area (Å²) in [6, 6.07) is 0.0734. The van der Waals surface area contributed by atoms with E-state index in [4.69, 9.17) is 0 Å². The first-order chi connectivity index (χ1) is 6.43. The van der Waals surface area contributed by atoms with E-state index < -0.39 is 6.09 Å². The maximum Gasteiger partial charge on any atom is 0.136 e. The predicted octanol–water partition coefficient (Wildman–Crippen LogP) is 1.56. The number of amides is 1. The maximum atomic E-state index is 10.7. The SMILES string of the molecule is CC1=C(C)CC(N(C)C(=O)[O-])C(I)C1. The molecule has 0 fully saturated rings. The second-order valence-electron chi connectivity index (χ2n) is 3.93. The van der Waals surface area contributed by atoms with Gasteiger partial charge in [-0.25, -0.2) is 0 Å². The Morgan fingerprint density at radius 2 is 1.93 bits per heavy atom. The molecule has 1 aliphatic carbocycles. The second-order valence-corrected chi connectivity index (χ2v) is 5.53. The van der Waals surface area contributed by atoms with Gasteiger partial charge in [0.1, 0.15) is 6.09 Å². The summed E-state index contributed by atoms with van der Waals surface area (Å²) in [5, 5.41) is 10.7. The lowest BCUT2D eigenvalue weighted by molar-refractivity contribution is -0.266. The molecule has 0 aromatic rings. The minimum Gasteiger partial charge on any atom is -0.530 e. The second kappa shape index (κ2) is 4.51. The van der Waals surface area contributed by atoms with Crippen molar-refractivity contribution in [1.29, 1.82) is 0 Å². The Morgan fingerprint density at radius 1 is 1.43 bits per heavy atom. The molecule has 0 aromatic heterocycles. The minimum absolute atomic E-state index is 0.0734. The number of carbonyl (C=O) groups is 1. The molecule has 0 aromatic carbocycles. The molecule has 2 unspecified atom stereocenters. The predicted molar refractivity (Wildman–Crippen MR) is 62.4 cm³/mol. The fourth-order valence-corrected chi connectivity index (χ4v) is 3.13. The van der Waals surface area contributed by atoms with Crippen LogP contribution in [-0.2, 0) is 0 Å². The lowest BCUT2D eigenvalue weighted by Crippen LogP contribution is -2.49. The average Bonchev–Trinajstić information content (AvgIpc) is 2.10. The van der Waals surface area contributed by atoms with Crippen LogP contribution in [0.5, 0.6) is 0 Å². The van der Waals surface area contributed by atoms with E-state index in [0.29, 0.717) is 3.92 Å². The average molecular weight is 308 g/mol. The zero-order valence-electron chi connectivity index (χ0n) is 8.71. The Hall–Kier alpha value is -0.260. The molecule has 0 bridgehead atoms. The van der Waals surface area contributed by atoms with Crippen molar-refractivity contribution in [1.82, 2.24) is 4.90 Å². The van der Waals surface area contributed by atoms with Gasteiger partial charge in [-0.1, -0.05) is 33.7 Å². The molecule has 0 heterocycles.